The molecule has 0 aliphatic rings. The van der Waals surface area contributed by atoms with Gasteiger partial charge in [-0.25, -0.2) is 0 Å². The third-order valence-electron chi connectivity index (χ3n) is 4.01. The molecule has 0 aliphatic carbocycles. The van der Waals surface area contributed by atoms with Crippen LogP contribution in [0, 0.1) is 11.3 Å². The van der Waals surface area contributed by atoms with E-state index in [9.17, 15) is 0 Å². The van der Waals surface area contributed by atoms with Crippen molar-refractivity contribution >= 4 is 40.1 Å². The lowest BCUT2D eigenvalue weighted by atomic mass is 10.2. The van der Waals surface area contributed by atoms with E-state index in [0.29, 0.717) is 23.8 Å². The quantitative estimate of drug-likeness (QED) is 0.387. The maximum absolute atomic E-state index is 8.84. The Labute approximate surface area is 163 Å². The third-order valence-corrected chi connectivity index (χ3v) is 4.20. The molecule has 6 nitrogen and oxygen atoms in total. The van der Waals surface area contributed by atoms with E-state index in [0.717, 1.165) is 22.2 Å². The molecule has 3 rings (SSSR count). The summed E-state index contributed by atoms with van der Waals surface area (Å²) in [5, 5.41) is 17.6. The Morgan fingerprint density at radius 3 is 2.85 bits per heavy atom. The van der Waals surface area contributed by atoms with Gasteiger partial charge in [-0.3, -0.25) is 5.43 Å². The number of fused-ring (bicyclic) bond motifs is 1. The molecule has 2 N–H and O–H groups in total. The van der Waals surface area contributed by atoms with Crippen LogP contribution in [0.4, 0.5) is 5.69 Å². The van der Waals surface area contributed by atoms with Crippen molar-refractivity contribution in [1.82, 2.24) is 9.99 Å². The zero-order valence-corrected chi connectivity index (χ0v) is 15.7. The Balaban J connectivity index is 1.71. The topological polar surface area (TPSA) is 74.4 Å². The van der Waals surface area contributed by atoms with Crippen LogP contribution >= 0.6 is 12.2 Å². The van der Waals surface area contributed by atoms with Gasteiger partial charge in [-0.1, -0.05) is 30.3 Å². The average Bonchev–Trinajstić information content (AvgIpc) is 3.05. The normalized spacial score (nSPS) is 10.7. The van der Waals surface area contributed by atoms with E-state index in [1.54, 1.807) is 13.3 Å². The van der Waals surface area contributed by atoms with E-state index in [-0.39, 0.29) is 0 Å². The van der Waals surface area contributed by atoms with Gasteiger partial charge in [0.2, 0.25) is 0 Å². The lowest BCUT2D eigenvalue weighted by molar-refractivity contribution is 0.417. The number of aromatic nitrogens is 1. The maximum Gasteiger partial charge on any atom is 0.191 e. The van der Waals surface area contributed by atoms with Crippen LogP contribution < -0.4 is 15.5 Å². The van der Waals surface area contributed by atoms with E-state index < -0.39 is 0 Å². The molecule has 3 aromatic rings. The van der Waals surface area contributed by atoms with Gasteiger partial charge in [0.05, 0.1) is 31.5 Å². The number of methoxy groups -OCH3 is 1. The molecule has 0 aliphatic heterocycles. The Bertz CT molecular complexity index is 1020. The maximum atomic E-state index is 8.84. The van der Waals surface area contributed by atoms with Crippen molar-refractivity contribution in [2.45, 2.75) is 13.0 Å². The molecule has 0 unspecified atom stereocenters. The molecule has 0 saturated carbocycles. The van der Waals surface area contributed by atoms with E-state index in [1.165, 1.54) is 0 Å². The van der Waals surface area contributed by atoms with Gasteiger partial charge < -0.3 is 14.6 Å². The number of benzene rings is 2. The van der Waals surface area contributed by atoms with Gasteiger partial charge in [0.1, 0.15) is 5.75 Å². The monoisotopic (exact) mass is 377 g/mol. The van der Waals surface area contributed by atoms with Crippen molar-refractivity contribution in [1.29, 1.82) is 5.26 Å². The molecule has 0 radical (unpaired) electrons. The summed E-state index contributed by atoms with van der Waals surface area (Å²) in [6.07, 6.45) is 4.17. The first-order valence-electron chi connectivity index (χ1n) is 8.41. The highest BCUT2D eigenvalue weighted by molar-refractivity contribution is 7.80. The van der Waals surface area contributed by atoms with Crippen LogP contribution in [0.2, 0.25) is 0 Å². The van der Waals surface area contributed by atoms with E-state index in [1.807, 2.05) is 54.7 Å². The van der Waals surface area contributed by atoms with Gasteiger partial charge in [0.25, 0.3) is 0 Å². The first-order valence-corrected chi connectivity index (χ1v) is 8.81. The largest absolute Gasteiger partial charge is 0.495 e. The predicted molar refractivity (Wildman–Crippen MR) is 112 cm³/mol. The Morgan fingerprint density at radius 1 is 1.26 bits per heavy atom. The number of aryl methyl sites for hydroxylation is 1. The van der Waals surface area contributed by atoms with Gasteiger partial charge in [0.15, 0.2) is 5.11 Å². The Morgan fingerprint density at radius 2 is 2.04 bits per heavy atom. The number of hydrazone groups is 1. The fourth-order valence-electron chi connectivity index (χ4n) is 2.79. The number of hydrogen-bond acceptors (Lipinski definition) is 4. The van der Waals surface area contributed by atoms with Crippen molar-refractivity contribution in [3.8, 4) is 11.8 Å². The number of rotatable bonds is 6. The minimum atomic E-state index is 0.365. The summed E-state index contributed by atoms with van der Waals surface area (Å²) in [7, 11) is 1.61. The van der Waals surface area contributed by atoms with Gasteiger partial charge >= 0.3 is 0 Å². The van der Waals surface area contributed by atoms with Gasteiger partial charge in [-0.15, -0.1) is 0 Å². The molecule has 27 heavy (non-hydrogen) atoms. The van der Waals surface area contributed by atoms with Crippen molar-refractivity contribution in [3.05, 3.63) is 60.3 Å². The van der Waals surface area contributed by atoms with Crippen LogP contribution in [0.3, 0.4) is 0 Å². The van der Waals surface area contributed by atoms with Gasteiger partial charge in [-0.2, -0.15) is 10.4 Å². The number of nitrogens with zero attached hydrogens (tertiary/aromatic N) is 3. The number of nitriles is 1. The number of para-hydroxylation sites is 3. The van der Waals surface area contributed by atoms with E-state index in [4.69, 9.17) is 22.2 Å². The highest BCUT2D eigenvalue weighted by Crippen LogP contribution is 2.23. The number of nitrogens with one attached hydrogen (secondary N) is 2. The van der Waals surface area contributed by atoms with Crippen molar-refractivity contribution < 1.29 is 4.74 Å². The zero-order valence-electron chi connectivity index (χ0n) is 14.8. The Hall–Kier alpha value is -3.37. The van der Waals surface area contributed by atoms with Crippen LogP contribution in [0.15, 0.2) is 59.8 Å². The van der Waals surface area contributed by atoms with Crippen LogP contribution in [0.1, 0.15) is 12.0 Å². The second-order valence-corrected chi connectivity index (χ2v) is 6.14. The number of hydrogen-bond donors (Lipinski definition) is 2. The predicted octanol–water partition coefficient (Wildman–Crippen LogP) is 3.88. The van der Waals surface area contributed by atoms with Gasteiger partial charge in [0, 0.05) is 29.2 Å². The molecule has 7 heteroatoms. The fourth-order valence-corrected chi connectivity index (χ4v) is 2.95. The highest BCUT2D eigenvalue weighted by Gasteiger charge is 2.06. The molecule has 0 bridgehead atoms. The second-order valence-electron chi connectivity index (χ2n) is 5.73. The molecule has 2 aromatic carbocycles. The van der Waals surface area contributed by atoms with E-state index in [2.05, 4.69) is 26.5 Å². The smallest absolute Gasteiger partial charge is 0.191 e. The van der Waals surface area contributed by atoms with E-state index >= 15 is 0 Å². The molecular formula is C20H19N5OS. The second kappa shape index (κ2) is 8.83. The third kappa shape index (κ3) is 4.43. The summed E-state index contributed by atoms with van der Waals surface area (Å²) in [4.78, 5) is 0. The molecular weight excluding hydrogens is 358 g/mol. The fraction of sp³-hybridized carbons (Fsp3) is 0.150. The zero-order chi connectivity index (χ0) is 19.1. The first-order chi connectivity index (χ1) is 13.2. The summed E-state index contributed by atoms with van der Waals surface area (Å²) in [5.41, 5.74) is 5.61. The minimum absolute atomic E-state index is 0.365. The lowest BCUT2D eigenvalue weighted by Gasteiger charge is -2.10. The molecule has 0 amide bonds. The summed E-state index contributed by atoms with van der Waals surface area (Å²) < 4.78 is 7.35. The van der Waals surface area contributed by atoms with Gasteiger partial charge in [-0.05, 0) is 30.4 Å². The molecule has 0 saturated heterocycles. The SMILES string of the molecule is COc1ccccc1NC(=S)N/N=C\c1cn(CCC#N)c2ccccc12. The van der Waals surface area contributed by atoms with Crippen LogP contribution in [-0.4, -0.2) is 23.0 Å². The highest BCUT2D eigenvalue weighted by atomic mass is 32.1. The van der Waals surface area contributed by atoms with Crippen LogP contribution in [-0.2, 0) is 6.54 Å². The van der Waals surface area contributed by atoms with Crippen molar-refractivity contribution in [2.24, 2.45) is 5.10 Å². The first kappa shape index (κ1) is 18.4. The summed E-state index contributed by atoms with van der Waals surface area (Å²) in [6, 6.07) is 17.7. The minimum Gasteiger partial charge on any atom is -0.495 e. The summed E-state index contributed by atoms with van der Waals surface area (Å²) in [5.74, 6) is 0.700. The molecule has 0 spiro atoms. The molecule has 0 atom stereocenters. The lowest BCUT2D eigenvalue weighted by Crippen LogP contribution is -2.24. The summed E-state index contributed by atoms with van der Waals surface area (Å²) in [6.45, 7) is 0.645. The molecule has 0 fully saturated rings. The van der Waals surface area contributed by atoms with Crippen LogP contribution in [0.5, 0.6) is 5.75 Å². The van der Waals surface area contributed by atoms with Crippen molar-refractivity contribution in [2.75, 3.05) is 12.4 Å². The molecule has 1 aromatic heterocycles. The van der Waals surface area contributed by atoms with Crippen molar-refractivity contribution in [3.63, 3.8) is 0 Å². The Kier molecular flexibility index (Phi) is 6.02. The molecule has 1 heterocycles. The summed E-state index contributed by atoms with van der Waals surface area (Å²) >= 11 is 5.28. The number of anilines is 1. The average molecular weight is 377 g/mol. The number of thiocarbonyl (C=S) groups is 1. The number of ether oxygens (including phenoxy) is 1. The molecule has 136 valence electrons. The standard InChI is InChI=1S/C20H19N5OS/c1-26-19-10-5-3-8-17(19)23-20(27)24-22-13-15-14-25(12-6-11-21)18-9-4-2-7-16(15)18/h2-5,7-10,13-14H,6,12H2,1H3,(H2,23,24,27)/b22-13-. The van der Waals surface area contributed by atoms with Crippen LogP contribution in [0.25, 0.3) is 10.9 Å².